The molecule has 3 nitrogen and oxygen atoms in total. The lowest BCUT2D eigenvalue weighted by molar-refractivity contribution is -0.123. The van der Waals surface area contributed by atoms with Gasteiger partial charge in [0.05, 0.1) is 5.60 Å². The summed E-state index contributed by atoms with van der Waals surface area (Å²) < 4.78 is 12.9. The summed E-state index contributed by atoms with van der Waals surface area (Å²) in [7, 11) is 0. The molecule has 1 aromatic carbocycles. The number of nitrogens with one attached hydrogen (secondary N) is 1. The van der Waals surface area contributed by atoms with Crippen LogP contribution in [0.3, 0.4) is 0 Å². The predicted octanol–water partition coefficient (Wildman–Crippen LogP) is 3.23. The first kappa shape index (κ1) is 17.6. The Kier molecular flexibility index (Phi) is 6.34. The molecular weight excluding hydrogens is 269 g/mol. The topological polar surface area (TPSA) is 49.3 Å². The summed E-state index contributed by atoms with van der Waals surface area (Å²) in [5.41, 5.74) is 0.0315. The summed E-state index contributed by atoms with van der Waals surface area (Å²) in [6.07, 6.45) is 1.18. The van der Waals surface area contributed by atoms with Crippen molar-refractivity contribution in [3.63, 3.8) is 0 Å². The minimum Gasteiger partial charge on any atom is -0.388 e. The molecule has 1 aromatic rings. The van der Waals surface area contributed by atoms with Gasteiger partial charge in [0.25, 0.3) is 0 Å². The van der Waals surface area contributed by atoms with Crippen LogP contribution in [0.15, 0.2) is 24.3 Å². The number of carbonyl (C=O) groups is 1. The molecule has 0 saturated heterocycles. The lowest BCUT2D eigenvalue weighted by Crippen LogP contribution is -2.45. The molecule has 0 saturated carbocycles. The fourth-order valence-corrected chi connectivity index (χ4v) is 2.15. The van der Waals surface area contributed by atoms with E-state index in [9.17, 15) is 14.3 Å². The van der Waals surface area contributed by atoms with Gasteiger partial charge in [0.1, 0.15) is 5.82 Å². The summed E-state index contributed by atoms with van der Waals surface area (Å²) >= 11 is 0. The molecule has 3 atom stereocenters. The van der Waals surface area contributed by atoms with Crippen molar-refractivity contribution < 1.29 is 14.3 Å². The van der Waals surface area contributed by atoms with Gasteiger partial charge in [-0.15, -0.1) is 0 Å². The summed E-state index contributed by atoms with van der Waals surface area (Å²) in [6, 6.07) is 6.19. The standard InChI is InChI=1S/C17H26FNO2/c1-5-13(3)17(4,21)11-19-16(20)10-12(2)14-6-8-15(18)9-7-14/h6-9,12-13,21H,5,10-11H2,1-4H3,(H,19,20). The number of halogens is 1. The van der Waals surface area contributed by atoms with Crippen LogP contribution in [-0.4, -0.2) is 23.2 Å². The van der Waals surface area contributed by atoms with Crippen molar-refractivity contribution in [3.05, 3.63) is 35.6 Å². The predicted molar refractivity (Wildman–Crippen MR) is 82.5 cm³/mol. The van der Waals surface area contributed by atoms with Crippen LogP contribution in [0.5, 0.6) is 0 Å². The maximum atomic E-state index is 12.9. The van der Waals surface area contributed by atoms with E-state index in [0.717, 1.165) is 12.0 Å². The van der Waals surface area contributed by atoms with E-state index in [1.54, 1.807) is 19.1 Å². The number of hydrogen-bond acceptors (Lipinski definition) is 2. The van der Waals surface area contributed by atoms with Crippen LogP contribution in [0.25, 0.3) is 0 Å². The van der Waals surface area contributed by atoms with Crippen LogP contribution in [0.2, 0.25) is 0 Å². The molecule has 118 valence electrons. The van der Waals surface area contributed by atoms with Crippen molar-refractivity contribution in [2.75, 3.05) is 6.54 Å². The van der Waals surface area contributed by atoms with Crippen molar-refractivity contribution in [1.82, 2.24) is 5.32 Å². The Hall–Kier alpha value is -1.42. The van der Waals surface area contributed by atoms with Gasteiger partial charge in [0.2, 0.25) is 5.91 Å². The van der Waals surface area contributed by atoms with Crippen molar-refractivity contribution >= 4 is 5.91 Å². The molecule has 0 fully saturated rings. The molecule has 0 bridgehead atoms. The first-order chi connectivity index (χ1) is 9.76. The normalized spacial score (nSPS) is 16.9. The number of hydrogen-bond donors (Lipinski definition) is 2. The number of amides is 1. The highest BCUT2D eigenvalue weighted by atomic mass is 19.1. The van der Waals surface area contributed by atoms with Crippen LogP contribution < -0.4 is 5.32 Å². The van der Waals surface area contributed by atoms with E-state index in [1.807, 2.05) is 20.8 Å². The van der Waals surface area contributed by atoms with Gasteiger partial charge in [-0.05, 0) is 36.5 Å². The summed E-state index contributed by atoms with van der Waals surface area (Å²) in [5, 5.41) is 13.0. The fraction of sp³-hybridized carbons (Fsp3) is 0.588. The lowest BCUT2D eigenvalue weighted by atomic mass is 9.88. The summed E-state index contributed by atoms with van der Waals surface area (Å²) in [5.74, 6) is -0.248. The van der Waals surface area contributed by atoms with E-state index in [-0.39, 0.29) is 30.1 Å². The smallest absolute Gasteiger partial charge is 0.220 e. The SMILES string of the molecule is CCC(C)C(C)(O)CNC(=O)CC(C)c1ccc(F)cc1. The number of rotatable bonds is 7. The maximum Gasteiger partial charge on any atom is 0.220 e. The molecule has 0 aliphatic carbocycles. The van der Waals surface area contributed by atoms with E-state index >= 15 is 0 Å². The number of carbonyl (C=O) groups excluding carboxylic acids is 1. The molecule has 1 amide bonds. The zero-order chi connectivity index (χ0) is 16.0. The Morgan fingerprint density at radius 2 is 1.90 bits per heavy atom. The van der Waals surface area contributed by atoms with Crippen LogP contribution in [0.1, 0.15) is 52.0 Å². The third-order valence-corrected chi connectivity index (χ3v) is 4.25. The number of benzene rings is 1. The van der Waals surface area contributed by atoms with Gasteiger partial charge in [-0.2, -0.15) is 0 Å². The quantitative estimate of drug-likeness (QED) is 0.811. The van der Waals surface area contributed by atoms with E-state index in [4.69, 9.17) is 0 Å². The minimum atomic E-state index is -0.899. The average molecular weight is 295 g/mol. The van der Waals surface area contributed by atoms with Gasteiger partial charge in [0.15, 0.2) is 0 Å². The van der Waals surface area contributed by atoms with Crippen LogP contribution in [0.4, 0.5) is 4.39 Å². The second-order valence-corrected chi connectivity index (χ2v) is 6.10. The van der Waals surface area contributed by atoms with Crippen LogP contribution in [-0.2, 0) is 4.79 Å². The Labute approximate surface area is 126 Å². The molecule has 0 aliphatic heterocycles. The second-order valence-electron chi connectivity index (χ2n) is 6.10. The van der Waals surface area contributed by atoms with Gasteiger partial charge < -0.3 is 10.4 Å². The molecule has 0 aliphatic rings. The molecule has 2 N–H and O–H groups in total. The Morgan fingerprint density at radius 3 is 2.43 bits per heavy atom. The molecular formula is C17H26FNO2. The van der Waals surface area contributed by atoms with E-state index < -0.39 is 5.60 Å². The highest BCUT2D eigenvalue weighted by Gasteiger charge is 2.27. The molecule has 3 unspecified atom stereocenters. The van der Waals surface area contributed by atoms with E-state index in [2.05, 4.69) is 5.32 Å². The molecule has 0 aromatic heterocycles. The minimum absolute atomic E-state index is 0.0131. The third-order valence-electron chi connectivity index (χ3n) is 4.25. The molecule has 1 rings (SSSR count). The summed E-state index contributed by atoms with van der Waals surface area (Å²) in [4.78, 5) is 12.0. The van der Waals surface area contributed by atoms with Crippen molar-refractivity contribution in [3.8, 4) is 0 Å². The Morgan fingerprint density at radius 1 is 1.33 bits per heavy atom. The van der Waals surface area contributed by atoms with Crippen molar-refractivity contribution in [1.29, 1.82) is 0 Å². The second kappa shape index (κ2) is 7.55. The summed E-state index contributed by atoms with van der Waals surface area (Å²) in [6.45, 7) is 7.90. The largest absolute Gasteiger partial charge is 0.388 e. The lowest BCUT2D eigenvalue weighted by Gasteiger charge is -2.30. The Balaban J connectivity index is 2.48. The maximum absolute atomic E-state index is 12.9. The Bertz CT molecular complexity index is 456. The van der Waals surface area contributed by atoms with Crippen molar-refractivity contribution in [2.24, 2.45) is 5.92 Å². The molecule has 0 radical (unpaired) electrons. The van der Waals surface area contributed by atoms with Gasteiger partial charge in [-0.3, -0.25) is 4.79 Å². The fourth-order valence-electron chi connectivity index (χ4n) is 2.15. The number of aliphatic hydroxyl groups is 1. The van der Waals surface area contributed by atoms with Gasteiger partial charge >= 0.3 is 0 Å². The highest BCUT2D eigenvalue weighted by Crippen LogP contribution is 2.21. The van der Waals surface area contributed by atoms with Crippen LogP contribution in [0, 0.1) is 11.7 Å². The zero-order valence-electron chi connectivity index (χ0n) is 13.3. The van der Waals surface area contributed by atoms with Gasteiger partial charge in [0, 0.05) is 13.0 Å². The average Bonchev–Trinajstić information content (AvgIpc) is 2.45. The molecule has 0 spiro atoms. The molecule has 0 heterocycles. The van der Waals surface area contributed by atoms with E-state index in [0.29, 0.717) is 6.42 Å². The van der Waals surface area contributed by atoms with Crippen molar-refractivity contribution in [2.45, 2.75) is 52.1 Å². The van der Waals surface area contributed by atoms with Gasteiger partial charge in [-0.1, -0.05) is 39.3 Å². The first-order valence-electron chi connectivity index (χ1n) is 7.50. The first-order valence-corrected chi connectivity index (χ1v) is 7.50. The molecule has 4 heteroatoms. The van der Waals surface area contributed by atoms with E-state index in [1.165, 1.54) is 12.1 Å². The zero-order valence-corrected chi connectivity index (χ0v) is 13.3. The molecule has 21 heavy (non-hydrogen) atoms. The monoisotopic (exact) mass is 295 g/mol. The van der Waals surface area contributed by atoms with Crippen LogP contribution >= 0.6 is 0 Å². The third kappa shape index (κ3) is 5.46. The highest BCUT2D eigenvalue weighted by molar-refractivity contribution is 5.76. The van der Waals surface area contributed by atoms with Gasteiger partial charge in [-0.25, -0.2) is 4.39 Å².